The molecule has 1 saturated heterocycles. The van der Waals surface area contributed by atoms with Crippen LogP contribution in [0.25, 0.3) is 10.8 Å². The molecule has 3 aromatic rings. The maximum atomic E-state index is 4.21. The van der Waals surface area contributed by atoms with Crippen molar-refractivity contribution < 1.29 is 0 Å². The summed E-state index contributed by atoms with van der Waals surface area (Å²) in [7, 11) is 0. The number of piperazine rings is 1. The van der Waals surface area contributed by atoms with Gasteiger partial charge in [0.2, 0.25) is 0 Å². The number of anilines is 1. The summed E-state index contributed by atoms with van der Waals surface area (Å²) in [6.07, 6.45) is 2.83. The van der Waals surface area contributed by atoms with E-state index >= 15 is 0 Å². The van der Waals surface area contributed by atoms with Gasteiger partial charge in [0, 0.05) is 38.9 Å². The van der Waals surface area contributed by atoms with Crippen molar-refractivity contribution in [1.82, 2.24) is 15.1 Å². The van der Waals surface area contributed by atoms with Gasteiger partial charge in [-0.2, -0.15) is 5.10 Å². The van der Waals surface area contributed by atoms with Crippen LogP contribution in [0.5, 0.6) is 0 Å². The van der Waals surface area contributed by atoms with Crippen LogP contribution < -0.4 is 4.90 Å². The van der Waals surface area contributed by atoms with Gasteiger partial charge in [0.15, 0.2) is 5.82 Å². The van der Waals surface area contributed by atoms with Gasteiger partial charge in [-0.05, 0) is 34.9 Å². The summed E-state index contributed by atoms with van der Waals surface area (Å²) < 4.78 is 0. The van der Waals surface area contributed by atoms with Gasteiger partial charge in [-0.1, -0.05) is 42.5 Å². The Hall–Kier alpha value is -2.46. The number of hydrogen-bond donors (Lipinski definition) is 0. The van der Waals surface area contributed by atoms with Crippen molar-refractivity contribution in [3.8, 4) is 0 Å². The fourth-order valence-corrected chi connectivity index (χ4v) is 3.34. The van der Waals surface area contributed by atoms with E-state index in [0.717, 1.165) is 45.0 Å². The summed E-state index contributed by atoms with van der Waals surface area (Å²) in [5.74, 6) is 0.992. The van der Waals surface area contributed by atoms with E-state index in [1.807, 2.05) is 12.1 Å². The first kappa shape index (κ1) is 15.1. The number of hydrogen-bond acceptors (Lipinski definition) is 4. The Morgan fingerprint density at radius 3 is 2.46 bits per heavy atom. The number of nitrogens with zero attached hydrogens (tertiary/aromatic N) is 4. The highest BCUT2D eigenvalue weighted by molar-refractivity contribution is 5.82. The van der Waals surface area contributed by atoms with Crippen LogP contribution in [-0.4, -0.2) is 47.8 Å². The first-order valence-electron chi connectivity index (χ1n) is 8.61. The maximum Gasteiger partial charge on any atom is 0.151 e. The topological polar surface area (TPSA) is 32.3 Å². The van der Waals surface area contributed by atoms with Gasteiger partial charge >= 0.3 is 0 Å². The highest BCUT2D eigenvalue weighted by Gasteiger charge is 2.17. The number of fused-ring (bicyclic) bond motifs is 1. The summed E-state index contributed by atoms with van der Waals surface area (Å²) in [5, 5.41) is 10.8. The molecule has 24 heavy (non-hydrogen) atoms. The van der Waals surface area contributed by atoms with Crippen molar-refractivity contribution in [3.63, 3.8) is 0 Å². The molecule has 0 bridgehead atoms. The van der Waals surface area contributed by atoms with Crippen LogP contribution in [0.2, 0.25) is 0 Å². The maximum absolute atomic E-state index is 4.21. The number of aromatic nitrogens is 2. The summed E-state index contributed by atoms with van der Waals surface area (Å²) in [4.78, 5) is 4.86. The Morgan fingerprint density at radius 2 is 1.67 bits per heavy atom. The van der Waals surface area contributed by atoms with Crippen molar-refractivity contribution in [2.45, 2.75) is 6.42 Å². The first-order valence-corrected chi connectivity index (χ1v) is 8.61. The van der Waals surface area contributed by atoms with Crippen molar-refractivity contribution in [2.24, 2.45) is 0 Å². The predicted octanol–water partition coefficient (Wildman–Crippen LogP) is 2.99. The molecule has 1 fully saturated rings. The zero-order chi connectivity index (χ0) is 16.2. The minimum atomic E-state index is 0.992. The standard InChI is InChI=1S/C20H22N4/c1-2-5-19-16-17(7-8-18(19)4-1)9-11-23-12-14-24(15-13-23)20-6-3-10-21-22-20/h1-8,10,16H,9,11-15H2. The Labute approximate surface area is 142 Å². The quantitative estimate of drug-likeness (QED) is 0.740. The second-order valence-corrected chi connectivity index (χ2v) is 6.34. The molecule has 4 heteroatoms. The summed E-state index contributed by atoms with van der Waals surface area (Å²) in [6, 6.07) is 19.4. The molecule has 0 saturated carbocycles. The summed E-state index contributed by atoms with van der Waals surface area (Å²) in [6.45, 7) is 5.34. The van der Waals surface area contributed by atoms with Gasteiger partial charge in [0.1, 0.15) is 0 Å². The molecule has 2 aromatic carbocycles. The van der Waals surface area contributed by atoms with E-state index in [9.17, 15) is 0 Å². The number of rotatable bonds is 4. The smallest absolute Gasteiger partial charge is 0.151 e. The highest BCUT2D eigenvalue weighted by atomic mass is 15.3. The van der Waals surface area contributed by atoms with Crippen LogP contribution in [0.15, 0.2) is 60.8 Å². The average Bonchev–Trinajstić information content (AvgIpc) is 2.67. The molecule has 0 unspecified atom stereocenters. The fourth-order valence-electron chi connectivity index (χ4n) is 3.34. The lowest BCUT2D eigenvalue weighted by Crippen LogP contribution is -2.47. The second kappa shape index (κ2) is 6.97. The molecule has 1 aliphatic heterocycles. The monoisotopic (exact) mass is 318 g/mol. The first-order chi connectivity index (χ1) is 11.9. The molecule has 4 nitrogen and oxygen atoms in total. The van der Waals surface area contributed by atoms with E-state index in [-0.39, 0.29) is 0 Å². The van der Waals surface area contributed by atoms with Crippen molar-refractivity contribution in [3.05, 3.63) is 66.4 Å². The largest absolute Gasteiger partial charge is 0.353 e. The third-order valence-corrected chi connectivity index (χ3v) is 4.79. The summed E-state index contributed by atoms with van der Waals surface area (Å²) >= 11 is 0. The van der Waals surface area contributed by atoms with Crippen LogP contribution in [0.1, 0.15) is 5.56 Å². The summed E-state index contributed by atoms with van der Waals surface area (Å²) in [5.41, 5.74) is 1.42. The van der Waals surface area contributed by atoms with E-state index in [4.69, 9.17) is 0 Å². The van der Waals surface area contributed by atoms with E-state index in [1.165, 1.54) is 16.3 Å². The van der Waals surface area contributed by atoms with E-state index in [1.54, 1.807) is 6.20 Å². The molecular formula is C20H22N4. The normalized spacial score (nSPS) is 15.8. The van der Waals surface area contributed by atoms with E-state index in [0.29, 0.717) is 0 Å². The molecule has 0 aliphatic carbocycles. The Balaban J connectivity index is 1.32. The zero-order valence-electron chi connectivity index (χ0n) is 13.8. The van der Waals surface area contributed by atoms with Gasteiger partial charge < -0.3 is 4.90 Å². The molecular weight excluding hydrogens is 296 g/mol. The SMILES string of the molecule is c1cnnc(N2CCN(CCc3ccc4ccccc4c3)CC2)c1. The van der Waals surface area contributed by atoms with Crippen LogP contribution in [0.3, 0.4) is 0 Å². The van der Waals surface area contributed by atoms with Crippen molar-refractivity contribution >= 4 is 16.6 Å². The molecule has 4 rings (SSSR count). The third kappa shape index (κ3) is 3.39. The highest BCUT2D eigenvalue weighted by Crippen LogP contribution is 2.17. The zero-order valence-corrected chi connectivity index (χ0v) is 13.8. The van der Waals surface area contributed by atoms with Crippen LogP contribution in [0.4, 0.5) is 5.82 Å². The molecule has 122 valence electrons. The van der Waals surface area contributed by atoms with Gasteiger partial charge in [-0.25, -0.2) is 0 Å². The van der Waals surface area contributed by atoms with Gasteiger partial charge in [-0.3, -0.25) is 4.90 Å². The Morgan fingerprint density at radius 1 is 0.833 bits per heavy atom. The number of benzene rings is 2. The van der Waals surface area contributed by atoms with E-state index in [2.05, 4.69) is 62.5 Å². The Kier molecular flexibility index (Phi) is 4.38. The molecule has 0 spiro atoms. The molecule has 0 N–H and O–H groups in total. The molecule has 2 heterocycles. The third-order valence-electron chi connectivity index (χ3n) is 4.79. The fraction of sp³-hybridized carbons (Fsp3) is 0.300. The lowest BCUT2D eigenvalue weighted by atomic mass is 10.0. The van der Waals surface area contributed by atoms with Gasteiger partial charge in [0.05, 0.1) is 0 Å². The van der Waals surface area contributed by atoms with Gasteiger partial charge in [0.25, 0.3) is 0 Å². The Bertz CT molecular complexity index is 795. The molecule has 0 radical (unpaired) electrons. The van der Waals surface area contributed by atoms with Gasteiger partial charge in [-0.15, -0.1) is 5.10 Å². The average molecular weight is 318 g/mol. The molecule has 1 aliphatic rings. The van der Waals surface area contributed by atoms with Crippen molar-refractivity contribution in [2.75, 3.05) is 37.6 Å². The van der Waals surface area contributed by atoms with Crippen LogP contribution in [-0.2, 0) is 6.42 Å². The second-order valence-electron chi connectivity index (χ2n) is 6.34. The molecule has 0 amide bonds. The molecule has 1 aromatic heterocycles. The van der Waals surface area contributed by atoms with Crippen LogP contribution in [0, 0.1) is 0 Å². The lowest BCUT2D eigenvalue weighted by Gasteiger charge is -2.35. The molecule has 0 atom stereocenters. The van der Waals surface area contributed by atoms with Crippen LogP contribution >= 0.6 is 0 Å². The minimum Gasteiger partial charge on any atom is -0.353 e. The lowest BCUT2D eigenvalue weighted by molar-refractivity contribution is 0.260. The predicted molar refractivity (Wildman–Crippen MR) is 98.3 cm³/mol. The minimum absolute atomic E-state index is 0.992. The van der Waals surface area contributed by atoms with Crippen molar-refractivity contribution in [1.29, 1.82) is 0 Å². The van der Waals surface area contributed by atoms with E-state index < -0.39 is 0 Å².